The standard InChI is InChI=1S/C18H34O4S2Si/c1-11(2)25(12(3)4,13(5)6)22-17(20)15-14(16(19)21-7)10-18(15,23-8)24-9/h11-15H,10H2,1-9H3/t14-,15-/m0/s1. The summed E-state index contributed by atoms with van der Waals surface area (Å²) in [5.74, 6) is -1.33. The maximum Gasteiger partial charge on any atom is 0.309 e. The lowest BCUT2D eigenvalue weighted by molar-refractivity contribution is -0.161. The Bertz CT molecular complexity index is 468. The van der Waals surface area contributed by atoms with E-state index in [1.54, 1.807) is 23.5 Å². The second-order valence-electron chi connectivity index (χ2n) is 7.77. The SMILES string of the molecule is COC(=O)[C@H]1CC(SC)(SC)[C@@H]1C(=O)O[Si](C(C)C)(C(C)C)C(C)C. The molecule has 146 valence electrons. The fourth-order valence-corrected chi connectivity index (χ4v) is 12.1. The molecule has 4 nitrogen and oxygen atoms in total. The number of rotatable bonds is 8. The summed E-state index contributed by atoms with van der Waals surface area (Å²) in [6.45, 7) is 13.0. The van der Waals surface area contributed by atoms with Crippen LogP contribution in [-0.4, -0.2) is 44.0 Å². The van der Waals surface area contributed by atoms with Crippen LogP contribution in [-0.2, 0) is 18.8 Å². The second kappa shape index (κ2) is 8.70. The third-order valence-corrected chi connectivity index (χ3v) is 15.0. The Morgan fingerprint density at radius 3 is 1.72 bits per heavy atom. The number of hydrogen-bond acceptors (Lipinski definition) is 6. The zero-order chi connectivity index (χ0) is 19.6. The first kappa shape index (κ1) is 22.9. The van der Waals surface area contributed by atoms with E-state index < -0.39 is 20.2 Å². The van der Waals surface area contributed by atoms with Crippen molar-refractivity contribution in [2.24, 2.45) is 11.8 Å². The van der Waals surface area contributed by atoms with Crippen molar-refractivity contribution in [3.05, 3.63) is 0 Å². The average molecular weight is 407 g/mol. The van der Waals surface area contributed by atoms with Crippen LogP contribution in [0.5, 0.6) is 0 Å². The number of esters is 1. The van der Waals surface area contributed by atoms with Gasteiger partial charge in [0.1, 0.15) is 0 Å². The van der Waals surface area contributed by atoms with Gasteiger partial charge in [0.05, 0.1) is 23.0 Å². The number of hydrogen-bond donors (Lipinski definition) is 0. The monoisotopic (exact) mass is 406 g/mol. The van der Waals surface area contributed by atoms with Crippen molar-refractivity contribution in [1.29, 1.82) is 0 Å². The highest BCUT2D eigenvalue weighted by Crippen LogP contribution is 2.59. The van der Waals surface area contributed by atoms with Crippen LogP contribution in [0.2, 0.25) is 16.6 Å². The summed E-state index contributed by atoms with van der Waals surface area (Å²) in [6.07, 6.45) is 4.66. The lowest BCUT2D eigenvalue weighted by atomic mass is 9.72. The molecule has 0 bridgehead atoms. The third-order valence-electron chi connectivity index (χ3n) is 5.81. The molecular formula is C18H34O4S2Si. The molecule has 0 aromatic rings. The average Bonchev–Trinajstić information content (AvgIpc) is 2.51. The molecule has 0 unspecified atom stereocenters. The summed E-state index contributed by atoms with van der Waals surface area (Å²) < 4.78 is 11.0. The predicted molar refractivity (Wildman–Crippen MR) is 111 cm³/mol. The Balaban J connectivity index is 3.21. The van der Waals surface area contributed by atoms with Gasteiger partial charge in [-0.3, -0.25) is 9.59 Å². The molecule has 1 fully saturated rings. The Morgan fingerprint density at radius 1 is 0.960 bits per heavy atom. The van der Waals surface area contributed by atoms with Crippen molar-refractivity contribution < 1.29 is 18.8 Å². The van der Waals surface area contributed by atoms with E-state index in [1.165, 1.54) is 7.11 Å². The van der Waals surface area contributed by atoms with Gasteiger partial charge in [-0.25, -0.2) is 0 Å². The smallest absolute Gasteiger partial charge is 0.309 e. The molecule has 0 radical (unpaired) electrons. The van der Waals surface area contributed by atoms with Gasteiger partial charge in [-0.05, 0) is 35.6 Å². The van der Waals surface area contributed by atoms with Crippen LogP contribution >= 0.6 is 23.5 Å². The van der Waals surface area contributed by atoms with Crippen LogP contribution in [0.1, 0.15) is 48.0 Å². The van der Waals surface area contributed by atoms with Crippen LogP contribution in [0.15, 0.2) is 0 Å². The van der Waals surface area contributed by atoms with Gasteiger partial charge in [-0.2, -0.15) is 0 Å². The Hall–Kier alpha value is -0.143. The Kier molecular flexibility index (Phi) is 7.97. The first-order valence-corrected chi connectivity index (χ1v) is 13.5. The maximum absolute atomic E-state index is 13.3. The van der Waals surface area contributed by atoms with E-state index in [-0.39, 0.29) is 16.0 Å². The van der Waals surface area contributed by atoms with Gasteiger partial charge in [0.2, 0.25) is 0 Å². The van der Waals surface area contributed by atoms with E-state index in [1.807, 2.05) is 12.5 Å². The third kappa shape index (κ3) is 3.93. The first-order chi connectivity index (χ1) is 11.5. The van der Waals surface area contributed by atoms with Crippen LogP contribution in [0.4, 0.5) is 0 Å². The van der Waals surface area contributed by atoms with Gasteiger partial charge >= 0.3 is 5.97 Å². The normalized spacial score (nSPS) is 22.9. The van der Waals surface area contributed by atoms with Gasteiger partial charge in [0, 0.05) is 0 Å². The minimum Gasteiger partial charge on any atom is -0.518 e. The summed E-state index contributed by atoms with van der Waals surface area (Å²) in [5, 5.41) is 0. The molecular weight excluding hydrogens is 372 g/mol. The van der Waals surface area contributed by atoms with E-state index in [2.05, 4.69) is 41.5 Å². The predicted octanol–water partition coefficient (Wildman–Crippen LogP) is 4.94. The molecule has 7 heteroatoms. The zero-order valence-corrected chi connectivity index (χ0v) is 19.7. The molecule has 0 saturated heterocycles. The highest BCUT2D eigenvalue weighted by atomic mass is 32.2. The summed E-state index contributed by atoms with van der Waals surface area (Å²) in [5.41, 5.74) is 0.975. The quantitative estimate of drug-likeness (QED) is 0.323. The first-order valence-electron chi connectivity index (χ1n) is 8.94. The number of methoxy groups -OCH3 is 1. The van der Waals surface area contributed by atoms with E-state index in [9.17, 15) is 9.59 Å². The van der Waals surface area contributed by atoms with Crippen LogP contribution in [0, 0.1) is 11.8 Å². The van der Waals surface area contributed by atoms with Gasteiger partial charge < -0.3 is 9.16 Å². The van der Waals surface area contributed by atoms with Crippen molar-refractivity contribution in [3.63, 3.8) is 0 Å². The van der Waals surface area contributed by atoms with Crippen LogP contribution in [0.25, 0.3) is 0 Å². The summed E-state index contributed by atoms with van der Waals surface area (Å²) in [7, 11) is -0.931. The molecule has 0 spiro atoms. The van der Waals surface area contributed by atoms with E-state index in [4.69, 9.17) is 9.16 Å². The minimum atomic E-state index is -2.32. The molecule has 2 atom stereocenters. The van der Waals surface area contributed by atoms with Crippen molar-refractivity contribution in [3.8, 4) is 0 Å². The number of carbonyl (C=O) groups is 2. The Morgan fingerprint density at radius 2 is 1.40 bits per heavy atom. The van der Waals surface area contributed by atoms with Crippen molar-refractivity contribution in [2.45, 2.75) is 68.7 Å². The molecule has 1 rings (SSSR count). The topological polar surface area (TPSA) is 52.6 Å². The molecule has 0 aromatic carbocycles. The largest absolute Gasteiger partial charge is 0.518 e. The van der Waals surface area contributed by atoms with Crippen LogP contribution < -0.4 is 0 Å². The van der Waals surface area contributed by atoms with Crippen molar-refractivity contribution in [2.75, 3.05) is 19.6 Å². The van der Waals surface area contributed by atoms with Crippen LogP contribution in [0.3, 0.4) is 0 Å². The zero-order valence-electron chi connectivity index (χ0n) is 17.0. The molecule has 0 heterocycles. The maximum atomic E-state index is 13.3. The van der Waals surface area contributed by atoms with Gasteiger partial charge in [0.25, 0.3) is 14.3 Å². The number of carbonyl (C=O) groups excluding carboxylic acids is 2. The van der Waals surface area contributed by atoms with Gasteiger partial charge in [0.15, 0.2) is 0 Å². The van der Waals surface area contributed by atoms with E-state index in [0.717, 1.165) is 0 Å². The van der Waals surface area contributed by atoms with Gasteiger partial charge in [-0.15, -0.1) is 23.5 Å². The summed E-state index contributed by atoms with van der Waals surface area (Å²) >= 11 is 3.30. The molecule has 0 aliphatic heterocycles. The second-order valence-corrected chi connectivity index (χ2v) is 15.7. The van der Waals surface area contributed by atoms with E-state index >= 15 is 0 Å². The molecule has 1 aliphatic rings. The van der Waals surface area contributed by atoms with Crippen molar-refractivity contribution >= 4 is 43.8 Å². The number of ether oxygens (including phenoxy) is 1. The lowest BCUT2D eigenvalue weighted by Gasteiger charge is -2.52. The highest BCUT2D eigenvalue weighted by molar-refractivity contribution is 8.17. The minimum absolute atomic E-state index is 0.201. The molecule has 0 amide bonds. The number of thioether (sulfide) groups is 2. The highest BCUT2D eigenvalue weighted by Gasteiger charge is 2.62. The molecule has 0 aromatic heterocycles. The molecule has 1 aliphatic carbocycles. The van der Waals surface area contributed by atoms with Gasteiger partial charge in [-0.1, -0.05) is 41.5 Å². The molecule has 0 N–H and O–H groups in total. The lowest BCUT2D eigenvalue weighted by Crippen LogP contribution is -2.59. The fourth-order valence-electron chi connectivity index (χ4n) is 4.51. The fraction of sp³-hybridized carbons (Fsp3) is 0.889. The van der Waals surface area contributed by atoms with Crippen molar-refractivity contribution in [1.82, 2.24) is 0 Å². The summed E-state index contributed by atoms with van der Waals surface area (Å²) in [6, 6.07) is 0. The van der Waals surface area contributed by atoms with E-state index in [0.29, 0.717) is 23.0 Å². The molecule has 25 heavy (non-hydrogen) atoms. The Labute approximate surface area is 162 Å². The summed E-state index contributed by atoms with van der Waals surface area (Å²) in [4.78, 5) is 25.5. The molecule has 1 saturated carbocycles.